The average molecular weight is 755 g/mol. The Hall–Kier alpha value is -4.18. The first kappa shape index (κ1) is 37.1. The summed E-state index contributed by atoms with van der Waals surface area (Å²) in [6.45, 7) is 1.33. The van der Waals surface area contributed by atoms with Crippen LogP contribution in [0.4, 0.5) is 9.59 Å². The molecule has 5 amide bonds. The third kappa shape index (κ3) is 8.32. The molecule has 0 unspecified atom stereocenters. The summed E-state index contributed by atoms with van der Waals surface area (Å²) in [6, 6.07) is 5.72. The molecule has 4 fully saturated rings. The lowest BCUT2D eigenvalue weighted by atomic mass is 10.0. The minimum Gasteiger partial charge on any atom is -0.446 e. The summed E-state index contributed by atoms with van der Waals surface area (Å²) in [7, 11) is -4.09. The summed E-state index contributed by atoms with van der Waals surface area (Å²) in [6.07, 6.45) is 9.60. The molecule has 2 saturated carbocycles. The minimum absolute atomic E-state index is 0.0444. The predicted octanol–water partition coefficient (Wildman–Crippen LogP) is 2.65. The predicted molar refractivity (Wildman–Crippen MR) is 191 cm³/mol. The van der Waals surface area contributed by atoms with Gasteiger partial charge in [0.05, 0.1) is 6.54 Å². The highest BCUT2D eigenvalue weighted by molar-refractivity contribution is 7.87. The van der Waals surface area contributed by atoms with Gasteiger partial charge in [-0.1, -0.05) is 49.3 Å². The van der Waals surface area contributed by atoms with Crippen LogP contribution < -0.4 is 15.4 Å². The van der Waals surface area contributed by atoms with Gasteiger partial charge in [-0.3, -0.25) is 14.4 Å². The van der Waals surface area contributed by atoms with Gasteiger partial charge < -0.3 is 29.9 Å². The van der Waals surface area contributed by atoms with Gasteiger partial charge >= 0.3 is 22.4 Å². The standard InChI is InChI=1S/C37H50N6O9S/c44-32-31-21-29(52-36(48)41-20-17-25-11-6-7-12-26(25)23-41)24-43(31)33(45)30(38-35(47)51-28-14-8-9-15-28)16-5-3-1-2-4-13-27-22-37(27,39-32)34(46)40-53(49,50)42-18-10-19-42/h4,6-7,11-13,27-31H,1-3,5,8-10,14-24H2,(H,38,47)(H,39,44)(H,40,46)/t27-,29-,30+,31+,37-/m1/s1. The molecule has 0 aromatic heterocycles. The van der Waals surface area contributed by atoms with Gasteiger partial charge in [-0.15, -0.1) is 0 Å². The number of carbonyl (C=O) groups is 5. The Kier molecular flexibility index (Phi) is 11.0. The lowest BCUT2D eigenvalue weighted by molar-refractivity contribution is -0.141. The van der Waals surface area contributed by atoms with Crippen molar-refractivity contribution in [3.63, 3.8) is 0 Å². The van der Waals surface area contributed by atoms with E-state index in [1.54, 1.807) is 4.90 Å². The van der Waals surface area contributed by atoms with E-state index in [9.17, 15) is 32.4 Å². The van der Waals surface area contributed by atoms with Gasteiger partial charge in [0.1, 0.15) is 29.8 Å². The van der Waals surface area contributed by atoms with Gasteiger partial charge in [0, 0.05) is 38.5 Å². The molecule has 1 aromatic carbocycles. The lowest BCUT2D eigenvalue weighted by Gasteiger charge is -2.31. The molecule has 3 N–H and O–H groups in total. The zero-order valence-electron chi connectivity index (χ0n) is 30.0. The van der Waals surface area contributed by atoms with E-state index in [0.717, 1.165) is 44.1 Å². The molecule has 0 radical (unpaired) electrons. The second-order valence-corrected chi connectivity index (χ2v) is 16.9. The highest BCUT2D eigenvalue weighted by Crippen LogP contribution is 2.46. The Morgan fingerprint density at radius 3 is 2.40 bits per heavy atom. The van der Waals surface area contributed by atoms with Crippen LogP contribution in [-0.2, 0) is 47.0 Å². The molecule has 1 aromatic rings. The maximum Gasteiger partial charge on any atom is 0.410 e. The van der Waals surface area contributed by atoms with Gasteiger partial charge in [0.25, 0.3) is 5.91 Å². The number of nitrogens with one attached hydrogen (secondary N) is 3. The number of fused-ring (bicyclic) bond motifs is 3. The van der Waals surface area contributed by atoms with Crippen LogP contribution in [0.15, 0.2) is 36.4 Å². The van der Waals surface area contributed by atoms with E-state index in [0.29, 0.717) is 58.3 Å². The fourth-order valence-corrected chi connectivity index (χ4v) is 9.45. The highest BCUT2D eigenvalue weighted by atomic mass is 32.2. The molecular weight excluding hydrogens is 705 g/mol. The van der Waals surface area contributed by atoms with Crippen LogP contribution in [0.3, 0.4) is 0 Å². The van der Waals surface area contributed by atoms with Gasteiger partial charge in [-0.05, 0) is 75.3 Å². The van der Waals surface area contributed by atoms with Crippen molar-refractivity contribution >= 4 is 40.1 Å². The Morgan fingerprint density at radius 1 is 0.887 bits per heavy atom. The van der Waals surface area contributed by atoms with Crippen molar-refractivity contribution in [2.75, 3.05) is 26.2 Å². The topological polar surface area (TPSA) is 184 Å². The molecule has 16 heteroatoms. The zero-order valence-corrected chi connectivity index (χ0v) is 30.8. The first-order chi connectivity index (χ1) is 25.5. The van der Waals surface area contributed by atoms with Crippen molar-refractivity contribution in [3.8, 4) is 0 Å². The molecule has 0 bridgehead atoms. The number of rotatable bonds is 6. The Labute approximate surface area is 310 Å². The molecule has 288 valence electrons. The summed E-state index contributed by atoms with van der Waals surface area (Å²) >= 11 is 0. The number of alkyl carbamates (subject to hydrolysis) is 1. The van der Waals surface area contributed by atoms with Crippen molar-refractivity contribution in [3.05, 3.63) is 47.5 Å². The fourth-order valence-electron chi connectivity index (χ4n) is 8.17. The van der Waals surface area contributed by atoms with Crippen molar-refractivity contribution in [1.82, 2.24) is 29.5 Å². The molecule has 0 spiro atoms. The average Bonchev–Trinajstić information content (AvgIpc) is 3.38. The normalized spacial score (nSPS) is 29.7. The minimum atomic E-state index is -4.09. The highest BCUT2D eigenvalue weighted by Gasteiger charge is 2.62. The van der Waals surface area contributed by atoms with Crippen LogP contribution in [0.2, 0.25) is 0 Å². The second kappa shape index (κ2) is 15.7. The molecule has 53 heavy (non-hydrogen) atoms. The van der Waals surface area contributed by atoms with Crippen LogP contribution in [0.1, 0.15) is 88.2 Å². The summed E-state index contributed by atoms with van der Waals surface area (Å²) in [4.78, 5) is 71.9. The maximum atomic E-state index is 14.4. The number of benzene rings is 1. The lowest BCUT2D eigenvalue weighted by Crippen LogP contribution is -2.59. The molecule has 2 saturated heterocycles. The number of amides is 5. The first-order valence-corrected chi connectivity index (χ1v) is 20.6. The number of hydrogen-bond donors (Lipinski definition) is 3. The Balaban J connectivity index is 1.12. The number of hydrogen-bond acceptors (Lipinski definition) is 9. The van der Waals surface area contributed by atoms with Gasteiger partial charge in [-0.25, -0.2) is 14.3 Å². The smallest absolute Gasteiger partial charge is 0.410 e. The third-order valence-electron chi connectivity index (χ3n) is 11.5. The van der Waals surface area contributed by atoms with Crippen LogP contribution in [0.5, 0.6) is 0 Å². The molecule has 5 atom stereocenters. The number of nitrogens with zero attached hydrogens (tertiary/aromatic N) is 3. The maximum absolute atomic E-state index is 14.4. The molecule has 4 aliphatic heterocycles. The van der Waals surface area contributed by atoms with Crippen LogP contribution in [0, 0.1) is 5.92 Å². The molecule has 7 rings (SSSR count). The Morgan fingerprint density at radius 2 is 1.64 bits per heavy atom. The van der Waals surface area contributed by atoms with Crippen molar-refractivity contribution < 1.29 is 41.9 Å². The van der Waals surface area contributed by atoms with E-state index in [4.69, 9.17) is 9.47 Å². The van der Waals surface area contributed by atoms with E-state index in [2.05, 4.69) is 15.4 Å². The second-order valence-electron chi connectivity index (χ2n) is 15.2. The van der Waals surface area contributed by atoms with Gasteiger partial charge in [-0.2, -0.15) is 12.7 Å². The summed E-state index contributed by atoms with van der Waals surface area (Å²) in [5, 5.41) is 5.61. The molecule has 6 aliphatic rings. The largest absolute Gasteiger partial charge is 0.446 e. The summed E-state index contributed by atoms with van der Waals surface area (Å²) < 4.78 is 40.8. The van der Waals surface area contributed by atoms with Crippen molar-refractivity contribution in [1.29, 1.82) is 0 Å². The monoisotopic (exact) mass is 754 g/mol. The quantitative estimate of drug-likeness (QED) is 0.368. The van der Waals surface area contributed by atoms with Crippen molar-refractivity contribution in [2.24, 2.45) is 5.92 Å². The summed E-state index contributed by atoms with van der Waals surface area (Å²) in [5.41, 5.74) is 0.647. The zero-order chi connectivity index (χ0) is 37.2. The van der Waals surface area contributed by atoms with Crippen molar-refractivity contribution in [2.45, 2.75) is 120 Å². The molecule has 15 nitrogen and oxygen atoms in total. The first-order valence-electron chi connectivity index (χ1n) is 19.1. The van der Waals surface area contributed by atoms with Gasteiger partial charge in [0.15, 0.2) is 0 Å². The molecule has 2 aliphatic carbocycles. The van der Waals surface area contributed by atoms with E-state index >= 15 is 0 Å². The van der Waals surface area contributed by atoms with E-state index < -0.39 is 69.8 Å². The molecule has 4 heterocycles. The van der Waals surface area contributed by atoms with Crippen LogP contribution in [0.25, 0.3) is 0 Å². The molecular formula is C37H50N6O9S. The van der Waals surface area contributed by atoms with Crippen LogP contribution >= 0.6 is 0 Å². The number of ether oxygens (including phenoxy) is 2. The van der Waals surface area contributed by atoms with E-state index in [1.165, 1.54) is 14.8 Å². The number of carbonyl (C=O) groups excluding carboxylic acids is 5. The van der Waals surface area contributed by atoms with Crippen LogP contribution in [-0.4, -0.2) is 108 Å². The van der Waals surface area contributed by atoms with Gasteiger partial charge in [0.2, 0.25) is 11.8 Å². The fraction of sp³-hybridized carbons (Fsp3) is 0.649. The summed E-state index contributed by atoms with van der Waals surface area (Å²) in [5.74, 6) is -2.48. The third-order valence-corrected chi connectivity index (χ3v) is 13.0. The number of allylic oxidation sites excluding steroid dienone is 1. The van der Waals surface area contributed by atoms with E-state index in [1.807, 2.05) is 36.4 Å². The SMILES string of the molecule is O=C(N[C@H]1CCCCCC=C[C@@H]2C[C@@]2(C(=O)NS(=O)(=O)N2CCC2)NC(=O)[C@@H]2C[C@@H](OC(=O)N3CCc4ccccc4C3)CN2C1=O)OC1CCCC1. The van der Waals surface area contributed by atoms with E-state index in [-0.39, 0.29) is 25.5 Å². The Bertz CT molecular complexity index is 1730.